The zero-order valence-corrected chi connectivity index (χ0v) is 13.4. The van der Waals surface area contributed by atoms with Crippen LogP contribution in [0.4, 0.5) is 0 Å². The summed E-state index contributed by atoms with van der Waals surface area (Å²) < 4.78 is 10.5. The van der Waals surface area contributed by atoms with E-state index in [1.54, 1.807) is 14.2 Å². The van der Waals surface area contributed by atoms with Gasteiger partial charge in [0.05, 0.1) is 20.6 Å². The largest absolute Gasteiger partial charge is 0.493 e. The molecule has 1 aromatic carbocycles. The molecule has 22 heavy (non-hydrogen) atoms. The smallest absolute Gasteiger partial charge is 0.226 e. The topological polar surface area (TPSA) is 59.0 Å². The molecule has 0 bridgehead atoms. The summed E-state index contributed by atoms with van der Waals surface area (Å²) in [5.41, 5.74) is 0.931. The molecule has 1 saturated heterocycles. The maximum atomic E-state index is 12.4. The summed E-state index contributed by atoms with van der Waals surface area (Å²) in [7, 11) is 3.19. The van der Waals surface area contributed by atoms with E-state index in [0.29, 0.717) is 23.8 Å². The number of amides is 1. The SMILES string of the molecule is COc1ccc(CC(=O)N2CCC(CCO)CC2)cc1OC. The number of hydrogen-bond donors (Lipinski definition) is 1. The third-order valence-corrected chi connectivity index (χ3v) is 4.31. The van der Waals surface area contributed by atoms with E-state index < -0.39 is 0 Å². The van der Waals surface area contributed by atoms with Gasteiger partial charge in [-0.2, -0.15) is 0 Å². The molecule has 1 fully saturated rings. The maximum absolute atomic E-state index is 12.4. The second-order valence-corrected chi connectivity index (χ2v) is 5.70. The Bertz CT molecular complexity index is 495. The second kappa shape index (κ2) is 8.03. The average molecular weight is 307 g/mol. The van der Waals surface area contributed by atoms with Gasteiger partial charge in [-0.25, -0.2) is 0 Å². The van der Waals surface area contributed by atoms with E-state index in [-0.39, 0.29) is 12.5 Å². The van der Waals surface area contributed by atoms with E-state index in [4.69, 9.17) is 14.6 Å². The Kier molecular flexibility index (Phi) is 6.07. The van der Waals surface area contributed by atoms with Gasteiger partial charge in [-0.15, -0.1) is 0 Å². The standard InChI is InChI=1S/C17H25NO4/c1-21-15-4-3-14(11-16(15)22-2)12-17(20)18-8-5-13(6-9-18)7-10-19/h3-4,11,13,19H,5-10,12H2,1-2H3. The van der Waals surface area contributed by atoms with Crippen LogP contribution in [0.15, 0.2) is 18.2 Å². The molecule has 0 saturated carbocycles. The van der Waals surface area contributed by atoms with E-state index in [1.165, 1.54) is 0 Å². The highest BCUT2D eigenvalue weighted by Crippen LogP contribution is 2.28. The van der Waals surface area contributed by atoms with Crippen molar-refractivity contribution in [2.75, 3.05) is 33.9 Å². The summed E-state index contributed by atoms with van der Waals surface area (Å²) in [6.07, 6.45) is 3.19. The molecule has 1 aliphatic heterocycles. The summed E-state index contributed by atoms with van der Waals surface area (Å²) in [6, 6.07) is 5.59. The summed E-state index contributed by atoms with van der Waals surface area (Å²) in [5, 5.41) is 8.98. The molecule has 0 radical (unpaired) electrons. The van der Waals surface area contributed by atoms with Crippen LogP contribution < -0.4 is 9.47 Å². The van der Waals surface area contributed by atoms with Crippen LogP contribution in [0.5, 0.6) is 11.5 Å². The summed E-state index contributed by atoms with van der Waals surface area (Å²) in [6.45, 7) is 1.82. The number of benzene rings is 1. The average Bonchev–Trinajstić information content (AvgIpc) is 2.55. The quantitative estimate of drug-likeness (QED) is 0.871. The highest BCUT2D eigenvalue weighted by Gasteiger charge is 2.22. The number of hydrogen-bond acceptors (Lipinski definition) is 4. The highest BCUT2D eigenvalue weighted by molar-refractivity contribution is 5.79. The third-order valence-electron chi connectivity index (χ3n) is 4.31. The Balaban J connectivity index is 1.92. The van der Waals surface area contributed by atoms with Crippen molar-refractivity contribution < 1.29 is 19.4 Å². The predicted octanol–water partition coefficient (Wildman–Crippen LogP) is 1.87. The van der Waals surface area contributed by atoms with Gasteiger partial charge in [0.2, 0.25) is 5.91 Å². The van der Waals surface area contributed by atoms with Gasteiger partial charge in [0.1, 0.15) is 0 Å². The number of aliphatic hydroxyl groups excluding tert-OH is 1. The lowest BCUT2D eigenvalue weighted by Crippen LogP contribution is -2.39. The van der Waals surface area contributed by atoms with E-state index in [0.717, 1.165) is 37.9 Å². The fourth-order valence-electron chi connectivity index (χ4n) is 2.93. The van der Waals surface area contributed by atoms with E-state index in [2.05, 4.69) is 0 Å². The van der Waals surface area contributed by atoms with E-state index in [1.807, 2.05) is 23.1 Å². The first-order valence-electron chi connectivity index (χ1n) is 7.77. The molecule has 2 rings (SSSR count). The lowest BCUT2D eigenvalue weighted by atomic mass is 9.93. The van der Waals surface area contributed by atoms with E-state index >= 15 is 0 Å². The van der Waals surface area contributed by atoms with Crippen molar-refractivity contribution in [1.82, 2.24) is 4.90 Å². The first-order chi connectivity index (χ1) is 10.7. The Morgan fingerprint density at radius 3 is 2.50 bits per heavy atom. The Morgan fingerprint density at radius 2 is 1.91 bits per heavy atom. The Hall–Kier alpha value is -1.75. The first-order valence-corrected chi connectivity index (χ1v) is 7.77. The van der Waals surface area contributed by atoms with Crippen molar-refractivity contribution in [3.05, 3.63) is 23.8 Å². The van der Waals surface area contributed by atoms with Crippen LogP contribution in [0.3, 0.4) is 0 Å². The summed E-state index contributed by atoms with van der Waals surface area (Å²) >= 11 is 0. The normalized spacial score (nSPS) is 15.7. The maximum Gasteiger partial charge on any atom is 0.226 e. The molecular weight excluding hydrogens is 282 g/mol. The van der Waals surface area contributed by atoms with Crippen LogP contribution in [0.2, 0.25) is 0 Å². The van der Waals surface area contributed by atoms with Gasteiger partial charge in [-0.05, 0) is 42.9 Å². The molecule has 1 amide bonds. The molecule has 0 aromatic heterocycles. The Morgan fingerprint density at radius 1 is 1.23 bits per heavy atom. The van der Waals surface area contributed by atoms with Gasteiger partial charge in [-0.1, -0.05) is 6.07 Å². The van der Waals surface area contributed by atoms with Gasteiger partial charge in [-0.3, -0.25) is 4.79 Å². The van der Waals surface area contributed by atoms with Crippen LogP contribution >= 0.6 is 0 Å². The minimum atomic E-state index is 0.148. The molecular formula is C17H25NO4. The van der Waals surface area contributed by atoms with Crippen LogP contribution in [-0.2, 0) is 11.2 Å². The number of methoxy groups -OCH3 is 2. The number of piperidine rings is 1. The molecule has 1 N–H and O–H groups in total. The fraction of sp³-hybridized carbons (Fsp3) is 0.588. The lowest BCUT2D eigenvalue weighted by molar-refractivity contribution is -0.131. The molecule has 1 aliphatic rings. The van der Waals surface area contributed by atoms with Gasteiger partial charge in [0.15, 0.2) is 11.5 Å². The van der Waals surface area contributed by atoms with Gasteiger partial charge in [0.25, 0.3) is 0 Å². The van der Waals surface area contributed by atoms with Crippen molar-refractivity contribution in [3.8, 4) is 11.5 Å². The van der Waals surface area contributed by atoms with Crippen LogP contribution in [0, 0.1) is 5.92 Å². The van der Waals surface area contributed by atoms with Gasteiger partial charge < -0.3 is 19.5 Å². The minimum absolute atomic E-state index is 0.148. The van der Waals surface area contributed by atoms with Crippen molar-refractivity contribution in [2.24, 2.45) is 5.92 Å². The molecule has 5 nitrogen and oxygen atoms in total. The molecule has 0 spiro atoms. The van der Waals surface area contributed by atoms with Crippen molar-refractivity contribution in [3.63, 3.8) is 0 Å². The number of ether oxygens (including phenoxy) is 2. The van der Waals surface area contributed by atoms with Crippen LogP contribution in [0.25, 0.3) is 0 Å². The predicted molar refractivity (Wildman–Crippen MR) is 84.3 cm³/mol. The molecule has 0 unspecified atom stereocenters. The molecule has 0 atom stereocenters. The molecule has 1 aromatic rings. The van der Waals surface area contributed by atoms with Crippen molar-refractivity contribution in [1.29, 1.82) is 0 Å². The number of nitrogens with zero attached hydrogens (tertiary/aromatic N) is 1. The van der Waals surface area contributed by atoms with Gasteiger partial charge >= 0.3 is 0 Å². The number of likely N-dealkylation sites (tertiary alicyclic amines) is 1. The molecule has 0 aliphatic carbocycles. The van der Waals surface area contributed by atoms with Crippen LogP contribution in [-0.4, -0.2) is 49.8 Å². The second-order valence-electron chi connectivity index (χ2n) is 5.70. The molecule has 5 heteroatoms. The van der Waals surface area contributed by atoms with Gasteiger partial charge in [0, 0.05) is 19.7 Å². The fourth-order valence-corrected chi connectivity index (χ4v) is 2.93. The number of carbonyl (C=O) groups excluding carboxylic acids is 1. The summed E-state index contributed by atoms with van der Waals surface area (Å²) in [5.74, 6) is 2.02. The zero-order chi connectivity index (χ0) is 15.9. The number of aliphatic hydroxyl groups is 1. The number of carbonyl (C=O) groups is 1. The van der Waals surface area contributed by atoms with Crippen LogP contribution in [0.1, 0.15) is 24.8 Å². The molecule has 1 heterocycles. The first kappa shape index (κ1) is 16.6. The zero-order valence-electron chi connectivity index (χ0n) is 13.4. The third kappa shape index (κ3) is 4.13. The van der Waals surface area contributed by atoms with Crippen molar-refractivity contribution >= 4 is 5.91 Å². The lowest BCUT2D eigenvalue weighted by Gasteiger charge is -2.32. The number of rotatable bonds is 6. The highest BCUT2D eigenvalue weighted by atomic mass is 16.5. The summed E-state index contributed by atoms with van der Waals surface area (Å²) in [4.78, 5) is 14.3. The Labute approximate surface area is 131 Å². The monoisotopic (exact) mass is 307 g/mol. The molecule has 122 valence electrons. The van der Waals surface area contributed by atoms with Crippen molar-refractivity contribution in [2.45, 2.75) is 25.7 Å². The minimum Gasteiger partial charge on any atom is -0.493 e. The van der Waals surface area contributed by atoms with E-state index in [9.17, 15) is 4.79 Å².